The van der Waals surface area contributed by atoms with Crippen molar-refractivity contribution in [2.24, 2.45) is 0 Å². The third-order valence-corrected chi connectivity index (χ3v) is 1.27. The maximum atomic E-state index is 11.9. The van der Waals surface area contributed by atoms with E-state index in [1.807, 2.05) is 0 Å². The summed E-state index contributed by atoms with van der Waals surface area (Å²) in [7, 11) is 0. The van der Waals surface area contributed by atoms with Gasteiger partial charge in [-0.3, -0.25) is 0 Å². The predicted octanol–water partition coefficient (Wildman–Crippen LogP) is 1.82. The van der Waals surface area contributed by atoms with E-state index in [4.69, 9.17) is 9.47 Å². The van der Waals surface area contributed by atoms with Crippen LogP contribution in [0.25, 0.3) is 0 Å². The maximum Gasteiger partial charge on any atom is 0.146 e. The lowest BCUT2D eigenvalue weighted by Gasteiger charge is -1.78. The SMILES string of the molecule is C1COCO1.Fc1ccccc1. The van der Waals surface area contributed by atoms with Crippen molar-refractivity contribution in [3.05, 3.63) is 36.1 Å². The van der Waals surface area contributed by atoms with Crippen molar-refractivity contribution >= 4 is 0 Å². The van der Waals surface area contributed by atoms with E-state index in [9.17, 15) is 4.39 Å². The molecule has 2 rings (SSSR count). The second-order valence-corrected chi connectivity index (χ2v) is 2.23. The van der Waals surface area contributed by atoms with Crippen LogP contribution in [0, 0.1) is 5.82 Å². The van der Waals surface area contributed by atoms with E-state index in [1.165, 1.54) is 12.1 Å². The quantitative estimate of drug-likeness (QED) is 0.591. The summed E-state index contributed by atoms with van der Waals surface area (Å²) in [5.41, 5.74) is 0. The summed E-state index contributed by atoms with van der Waals surface area (Å²) in [6.45, 7) is 2.06. The monoisotopic (exact) mass is 170 g/mol. The highest BCUT2D eigenvalue weighted by Gasteiger charge is 1.93. The number of ether oxygens (including phenoxy) is 2. The van der Waals surface area contributed by atoms with E-state index in [2.05, 4.69) is 0 Å². The minimum absolute atomic E-state index is 0.178. The Bertz CT molecular complexity index is 189. The van der Waals surface area contributed by atoms with Crippen LogP contribution in [0.3, 0.4) is 0 Å². The first-order valence-corrected chi connectivity index (χ1v) is 3.75. The molecule has 66 valence electrons. The number of hydrogen-bond acceptors (Lipinski definition) is 2. The van der Waals surface area contributed by atoms with Gasteiger partial charge in [0, 0.05) is 0 Å². The molecule has 1 aliphatic heterocycles. The van der Waals surface area contributed by atoms with Gasteiger partial charge in [0.2, 0.25) is 0 Å². The normalized spacial score (nSPS) is 15.1. The first kappa shape index (κ1) is 9.16. The Kier molecular flexibility index (Phi) is 4.34. The Morgan fingerprint density at radius 2 is 1.58 bits per heavy atom. The highest BCUT2D eigenvalue weighted by Crippen LogP contribution is 1.91. The number of hydrogen-bond donors (Lipinski definition) is 0. The van der Waals surface area contributed by atoms with E-state index in [0.717, 1.165) is 13.2 Å². The average Bonchev–Trinajstić information content (AvgIpc) is 2.62. The van der Waals surface area contributed by atoms with Gasteiger partial charge >= 0.3 is 0 Å². The van der Waals surface area contributed by atoms with Gasteiger partial charge in [-0.05, 0) is 12.1 Å². The standard InChI is InChI=1S/C6H5F.C3H6O2/c7-6-4-2-1-3-5-6;1-2-5-3-4-1/h1-5H;1-3H2. The molecular weight excluding hydrogens is 159 g/mol. The second kappa shape index (κ2) is 5.69. The molecule has 0 bridgehead atoms. The molecule has 2 nitrogen and oxygen atoms in total. The molecule has 1 heterocycles. The number of rotatable bonds is 0. The van der Waals surface area contributed by atoms with Crippen LogP contribution in [0.15, 0.2) is 30.3 Å². The lowest BCUT2D eigenvalue weighted by Crippen LogP contribution is -1.79. The smallest absolute Gasteiger partial charge is 0.146 e. The molecule has 0 spiro atoms. The molecule has 1 aliphatic rings. The van der Waals surface area contributed by atoms with Crippen molar-refractivity contribution < 1.29 is 13.9 Å². The largest absolute Gasteiger partial charge is 0.353 e. The minimum Gasteiger partial charge on any atom is -0.353 e. The Labute approximate surface area is 70.9 Å². The molecule has 0 aromatic heterocycles. The van der Waals surface area contributed by atoms with Gasteiger partial charge in [0.25, 0.3) is 0 Å². The van der Waals surface area contributed by atoms with E-state index in [0.29, 0.717) is 6.79 Å². The van der Waals surface area contributed by atoms with Crippen molar-refractivity contribution in [3.63, 3.8) is 0 Å². The van der Waals surface area contributed by atoms with Gasteiger partial charge in [-0.25, -0.2) is 4.39 Å². The minimum atomic E-state index is -0.178. The van der Waals surface area contributed by atoms with Crippen LogP contribution in [-0.2, 0) is 9.47 Å². The summed E-state index contributed by atoms with van der Waals surface area (Å²) >= 11 is 0. The molecule has 0 amide bonds. The van der Waals surface area contributed by atoms with E-state index < -0.39 is 0 Å². The van der Waals surface area contributed by atoms with Gasteiger partial charge in [0.1, 0.15) is 12.6 Å². The zero-order valence-corrected chi connectivity index (χ0v) is 6.70. The molecule has 1 fully saturated rings. The number of halogens is 1. The summed E-state index contributed by atoms with van der Waals surface area (Å²) in [5.74, 6) is -0.178. The summed E-state index contributed by atoms with van der Waals surface area (Å²) in [5, 5.41) is 0. The second-order valence-electron chi connectivity index (χ2n) is 2.23. The zero-order valence-electron chi connectivity index (χ0n) is 6.70. The highest BCUT2D eigenvalue weighted by molar-refractivity contribution is 5.02. The lowest BCUT2D eigenvalue weighted by molar-refractivity contribution is 0.0692. The molecule has 0 aliphatic carbocycles. The first-order valence-electron chi connectivity index (χ1n) is 3.75. The summed E-state index contributed by atoms with van der Waals surface area (Å²) in [6.07, 6.45) is 0. The van der Waals surface area contributed by atoms with Gasteiger partial charge < -0.3 is 9.47 Å². The number of benzene rings is 1. The molecule has 0 unspecified atom stereocenters. The third kappa shape index (κ3) is 4.05. The van der Waals surface area contributed by atoms with Crippen LogP contribution in [0.5, 0.6) is 0 Å². The fraction of sp³-hybridized carbons (Fsp3) is 0.333. The van der Waals surface area contributed by atoms with Crippen molar-refractivity contribution in [3.8, 4) is 0 Å². The van der Waals surface area contributed by atoms with Gasteiger partial charge in [0.15, 0.2) is 0 Å². The first-order chi connectivity index (χ1) is 5.89. The van der Waals surface area contributed by atoms with E-state index in [1.54, 1.807) is 18.2 Å². The van der Waals surface area contributed by atoms with Crippen molar-refractivity contribution in [2.75, 3.05) is 20.0 Å². The van der Waals surface area contributed by atoms with Gasteiger partial charge in [-0.1, -0.05) is 18.2 Å². The van der Waals surface area contributed by atoms with E-state index in [-0.39, 0.29) is 5.82 Å². The van der Waals surface area contributed by atoms with Gasteiger partial charge in [-0.2, -0.15) is 0 Å². The molecular formula is C9H11FO2. The molecule has 1 aromatic rings. The summed E-state index contributed by atoms with van der Waals surface area (Å²) in [6, 6.07) is 7.94. The van der Waals surface area contributed by atoms with E-state index >= 15 is 0 Å². The fourth-order valence-electron chi connectivity index (χ4n) is 0.709. The van der Waals surface area contributed by atoms with Crippen LogP contribution >= 0.6 is 0 Å². The molecule has 3 heteroatoms. The Balaban J connectivity index is 0.000000127. The predicted molar refractivity (Wildman–Crippen MR) is 43.2 cm³/mol. The third-order valence-electron chi connectivity index (χ3n) is 1.27. The lowest BCUT2D eigenvalue weighted by atomic mass is 10.4. The van der Waals surface area contributed by atoms with Crippen LogP contribution in [0.4, 0.5) is 4.39 Å². The Morgan fingerprint density at radius 3 is 1.83 bits per heavy atom. The molecule has 0 saturated carbocycles. The van der Waals surface area contributed by atoms with Crippen molar-refractivity contribution in [1.82, 2.24) is 0 Å². The topological polar surface area (TPSA) is 18.5 Å². The van der Waals surface area contributed by atoms with Crippen LogP contribution in [-0.4, -0.2) is 20.0 Å². The fourth-order valence-corrected chi connectivity index (χ4v) is 0.709. The molecule has 1 saturated heterocycles. The van der Waals surface area contributed by atoms with Crippen LogP contribution in [0.1, 0.15) is 0 Å². The molecule has 0 N–H and O–H groups in total. The average molecular weight is 170 g/mol. The zero-order chi connectivity index (χ0) is 8.65. The van der Waals surface area contributed by atoms with Crippen molar-refractivity contribution in [2.45, 2.75) is 0 Å². The highest BCUT2D eigenvalue weighted by atomic mass is 19.1. The molecule has 0 radical (unpaired) electrons. The van der Waals surface area contributed by atoms with Gasteiger partial charge in [0.05, 0.1) is 13.2 Å². The molecule has 12 heavy (non-hydrogen) atoms. The Morgan fingerprint density at radius 1 is 1.00 bits per heavy atom. The summed E-state index contributed by atoms with van der Waals surface area (Å²) < 4.78 is 21.4. The summed E-state index contributed by atoms with van der Waals surface area (Å²) in [4.78, 5) is 0. The molecule has 0 atom stereocenters. The Hall–Kier alpha value is -0.930. The van der Waals surface area contributed by atoms with Crippen LogP contribution < -0.4 is 0 Å². The van der Waals surface area contributed by atoms with Gasteiger partial charge in [-0.15, -0.1) is 0 Å². The molecule has 1 aromatic carbocycles. The van der Waals surface area contributed by atoms with Crippen molar-refractivity contribution in [1.29, 1.82) is 0 Å². The maximum absolute atomic E-state index is 11.9. The van der Waals surface area contributed by atoms with Crippen LogP contribution in [0.2, 0.25) is 0 Å².